The van der Waals surface area contributed by atoms with Crippen LogP contribution in [-0.4, -0.2) is 11.4 Å². The fraction of sp³-hybridized carbons (Fsp3) is 0.333. The second kappa shape index (κ2) is 6.57. The molecule has 0 rings (SSSR count). The van der Waals surface area contributed by atoms with Crippen molar-refractivity contribution in [3.05, 3.63) is 25.6 Å². The van der Waals surface area contributed by atoms with Gasteiger partial charge in [0.25, 0.3) is 0 Å². The molecule has 0 aliphatic carbocycles. The first-order chi connectivity index (χ1) is 3.35. The summed E-state index contributed by atoms with van der Waals surface area (Å²) in [4.78, 5) is 1.90. The molecule has 0 unspecified atom stereocenters. The molecular weight excluding hydrogens is 122 g/mol. The first kappa shape index (κ1) is 10.5. The van der Waals surface area contributed by atoms with Gasteiger partial charge in [-0.2, -0.15) is 0 Å². The standard InChI is InChI=1S/C6H11N.ClH/c1-4-7(5-2)6-3;/h4-5H,1-2,6H2,3H3;1H. The van der Waals surface area contributed by atoms with Crippen LogP contribution in [0, 0.1) is 0 Å². The van der Waals surface area contributed by atoms with Crippen molar-refractivity contribution in [3.63, 3.8) is 0 Å². The van der Waals surface area contributed by atoms with E-state index in [1.807, 2.05) is 11.8 Å². The van der Waals surface area contributed by atoms with Crippen molar-refractivity contribution in [2.45, 2.75) is 6.92 Å². The molecule has 48 valence electrons. The lowest BCUT2D eigenvalue weighted by atomic mass is 10.6. The molecule has 0 saturated carbocycles. The highest BCUT2D eigenvalue weighted by Gasteiger charge is 1.79. The van der Waals surface area contributed by atoms with Gasteiger partial charge in [0.2, 0.25) is 0 Å². The van der Waals surface area contributed by atoms with Crippen molar-refractivity contribution in [2.24, 2.45) is 0 Å². The minimum absolute atomic E-state index is 0. The number of rotatable bonds is 3. The Hall–Kier alpha value is -0.430. The summed E-state index contributed by atoms with van der Waals surface area (Å²) in [6, 6.07) is 0. The van der Waals surface area contributed by atoms with Crippen LogP contribution in [0.25, 0.3) is 0 Å². The minimum atomic E-state index is 0. The first-order valence-electron chi connectivity index (χ1n) is 2.36. The largest absolute Gasteiger partial charge is 0.356 e. The van der Waals surface area contributed by atoms with Crippen molar-refractivity contribution in [1.82, 2.24) is 4.90 Å². The molecule has 8 heavy (non-hydrogen) atoms. The Morgan fingerprint density at radius 1 is 1.38 bits per heavy atom. The van der Waals surface area contributed by atoms with Crippen molar-refractivity contribution in [1.29, 1.82) is 0 Å². The molecule has 0 atom stereocenters. The molecule has 0 radical (unpaired) electrons. The molecule has 0 bridgehead atoms. The van der Waals surface area contributed by atoms with E-state index in [2.05, 4.69) is 13.2 Å². The Bertz CT molecular complexity index is 62.9. The van der Waals surface area contributed by atoms with Crippen LogP contribution in [-0.2, 0) is 0 Å². The molecule has 1 nitrogen and oxygen atoms in total. The molecule has 0 aromatic carbocycles. The zero-order chi connectivity index (χ0) is 5.70. The van der Waals surface area contributed by atoms with E-state index in [9.17, 15) is 0 Å². The van der Waals surface area contributed by atoms with Crippen LogP contribution in [0.2, 0.25) is 0 Å². The maximum atomic E-state index is 3.56. The second-order valence-electron chi connectivity index (χ2n) is 1.20. The predicted molar refractivity (Wildman–Crippen MR) is 40.0 cm³/mol. The van der Waals surface area contributed by atoms with Gasteiger partial charge in [-0.05, 0) is 19.3 Å². The highest BCUT2D eigenvalue weighted by Crippen LogP contribution is 1.83. The highest BCUT2D eigenvalue weighted by atomic mass is 35.5. The van der Waals surface area contributed by atoms with Gasteiger partial charge in [0.15, 0.2) is 0 Å². The van der Waals surface area contributed by atoms with Crippen molar-refractivity contribution in [3.8, 4) is 0 Å². The molecule has 0 aromatic heterocycles. The summed E-state index contributed by atoms with van der Waals surface area (Å²) in [5.41, 5.74) is 0. The fourth-order valence-electron chi connectivity index (χ4n) is 0.333. The SMILES string of the molecule is C=CN(C=C)CC.Cl. The summed E-state index contributed by atoms with van der Waals surface area (Å²) in [5.74, 6) is 0. The molecule has 0 saturated heterocycles. The number of hydrogen-bond donors (Lipinski definition) is 0. The van der Waals surface area contributed by atoms with Gasteiger partial charge in [0, 0.05) is 6.54 Å². The molecule has 0 aromatic rings. The number of halogens is 1. The van der Waals surface area contributed by atoms with Crippen LogP contribution in [0.4, 0.5) is 0 Å². The molecular formula is C6H12ClN. The maximum absolute atomic E-state index is 3.56. The zero-order valence-corrected chi connectivity index (χ0v) is 5.95. The van der Waals surface area contributed by atoms with Gasteiger partial charge < -0.3 is 4.90 Å². The number of nitrogens with zero attached hydrogens (tertiary/aromatic N) is 1. The zero-order valence-electron chi connectivity index (χ0n) is 5.13. The predicted octanol–water partition coefficient (Wildman–Crippen LogP) is 2.02. The average molecular weight is 134 g/mol. The molecule has 0 heterocycles. The summed E-state index contributed by atoms with van der Waals surface area (Å²) >= 11 is 0. The summed E-state index contributed by atoms with van der Waals surface area (Å²) in [5, 5.41) is 0. The molecule has 0 amide bonds. The van der Waals surface area contributed by atoms with Gasteiger partial charge in [-0.25, -0.2) is 0 Å². The van der Waals surface area contributed by atoms with Crippen LogP contribution >= 0.6 is 12.4 Å². The Kier molecular flexibility index (Phi) is 8.65. The molecule has 0 aliphatic rings. The van der Waals surface area contributed by atoms with E-state index in [0.29, 0.717) is 0 Å². The lowest BCUT2D eigenvalue weighted by Crippen LogP contribution is -2.05. The topological polar surface area (TPSA) is 3.24 Å². The fourth-order valence-corrected chi connectivity index (χ4v) is 0.333. The first-order valence-corrected chi connectivity index (χ1v) is 2.36. The van der Waals surface area contributed by atoms with Crippen LogP contribution < -0.4 is 0 Å². The Morgan fingerprint density at radius 3 is 1.75 bits per heavy atom. The van der Waals surface area contributed by atoms with E-state index < -0.39 is 0 Å². The summed E-state index contributed by atoms with van der Waals surface area (Å²) in [6.07, 6.45) is 3.49. The quantitative estimate of drug-likeness (QED) is 0.570. The lowest BCUT2D eigenvalue weighted by molar-refractivity contribution is 0.540. The molecule has 0 aliphatic heterocycles. The van der Waals surface area contributed by atoms with Gasteiger partial charge in [-0.15, -0.1) is 12.4 Å². The normalized spacial score (nSPS) is 6.62. The van der Waals surface area contributed by atoms with Gasteiger partial charge in [0.1, 0.15) is 0 Å². The van der Waals surface area contributed by atoms with Crippen LogP contribution in [0.3, 0.4) is 0 Å². The van der Waals surface area contributed by atoms with Crippen molar-refractivity contribution >= 4 is 12.4 Å². The van der Waals surface area contributed by atoms with Crippen LogP contribution in [0.15, 0.2) is 25.6 Å². The third-order valence-electron chi connectivity index (χ3n) is 0.834. The van der Waals surface area contributed by atoms with E-state index in [4.69, 9.17) is 0 Å². The van der Waals surface area contributed by atoms with Crippen LogP contribution in [0.1, 0.15) is 6.92 Å². The molecule has 2 heteroatoms. The smallest absolute Gasteiger partial charge is 0.0190 e. The van der Waals surface area contributed by atoms with E-state index in [1.54, 1.807) is 12.4 Å². The van der Waals surface area contributed by atoms with Gasteiger partial charge in [0.05, 0.1) is 0 Å². The van der Waals surface area contributed by atoms with Gasteiger partial charge in [-0.3, -0.25) is 0 Å². The maximum Gasteiger partial charge on any atom is 0.0190 e. The van der Waals surface area contributed by atoms with E-state index in [1.165, 1.54) is 0 Å². The number of hydrogen-bond acceptors (Lipinski definition) is 1. The third kappa shape index (κ3) is 3.75. The van der Waals surface area contributed by atoms with E-state index >= 15 is 0 Å². The Morgan fingerprint density at radius 2 is 1.75 bits per heavy atom. The van der Waals surface area contributed by atoms with Crippen molar-refractivity contribution in [2.75, 3.05) is 6.54 Å². The third-order valence-corrected chi connectivity index (χ3v) is 0.834. The Balaban J connectivity index is 0. The van der Waals surface area contributed by atoms with E-state index in [0.717, 1.165) is 6.54 Å². The van der Waals surface area contributed by atoms with Crippen molar-refractivity contribution < 1.29 is 0 Å². The Labute approximate surface area is 57.1 Å². The van der Waals surface area contributed by atoms with Gasteiger partial charge >= 0.3 is 0 Å². The summed E-state index contributed by atoms with van der Waals surface area (Å²) in [7, 11) is 0. The van der Waals surface area contributed by atoms with Gasteiger partial charge in [-0.1, -0.05) is 13.2 Å². The summed E-state index contributed by atoms with van der Waals surface area (Å²) < 4.78 is 0. The lowest BCUT2D eigenvalue weighted by Gasteiger charge is -2.08. The van der Waals surface area contributed by atoms with E-state index in [-0.39, 0.29) is 12.4 Å². The molecule has 0 N–H and O–H groups in total. The van der Waals surface area contributed by atoms with Crippen LogP contribution in [0.5, 0.6) is 0 Å². The molecule has 0 fully saturated rings. The minimum Gasteiger partial charge on any atom is -0.356 e. The highest BCUT2D eigenvalue weighted by molar-refractivity contribution is 5.85. The monoisotopic (exact) mass is 133 g/mol. The summed E-state index contributed by atoms with van der Waals surface area (Å²) in [6.45, 7) is 10.1. The second-order valence-corrected chi connectivity index (χ2v) is 1.20. The average Bonchev–Trinajstić information content (AvgIpc) is 1.72. The molecule has 0 spiro atoms.